The van der Waals surface area contributed by atoms with Crippen molar-refractivity contribution in [3.63, 3.8) is 0 Å². The van der Waals surface area contributed by atoms with Crippen LogP contribution in [0.15, 0.2) is 36.4 Å². The van der Waals surface area contributed by atoms with E-state index in [0.717, 1.165) is 26.7 Å². The maximum absolute atomic E-state index is 12.6. The largest absolute Gasteiger partial charge is 0.322 e. The van der Waals surface area contributed by atoms with Gasteiger partial charge < -0.3 is 5.32 Å². The van der Waals surface area contributed by atoms with E-state index in [4.69, 9.17) is 0 Å². The molecule has 1 aliphatic heterocycles. The number of carbonyl (C=O) groups excluding carboxylic acids is 2. The molecule has 1 N–H and O–H groups in total. The normalized spacial score (nSPS) is 17.6. The maximum atomic E-state index is 12.6. The van der Waals surface area contributed by atoms with Crippen LogP contribution < -0.4 is 9.62 Å². The molecule has 0 aliphatic carbocycles. The first-order valence-electron chi connectivity index (χ1n) is 8.99. The summed E-state index contributed by atoms with van der Waals surface area (Å²) in [7, 11) is -3.71. The Morgan fingerprint density at radius 2 is 1.57 bits per heavy atom. The van der Waals surface area contributed by atoms with Gasteiger partial charge in [-0.2, -0.15) is 0 Å². The van der Waals surface area contributed by atoms with Gasteiger partial charge >= 0.3 is 0 Å². The molecule has 0 unspecified atom stereocenters. The predicted molar refractivity (Wildman–Crippen MR) is 110 cm³/mol. The lowest BCUT2D eigenvalue weighted by molar-refractivity contribution is -0.123. The zero-order valence-corrected chi connectivity index (χ0v) is 17.5. The van der Waals surface area contributed by atoms with Gasteiger partial charge in [-0.05, 0) is 70.0 Å². The summed E-state index contributed by atoms with van der Waals surface area (Å²) in [6, 6.07) is 10.0. The van der Waals surface area contributed by atoms with Crippen molar-refractivity contribution in [1.82, 2.24) is 0 Å². The number of aryl methyl sites for hydroxylation is 3. The van der Waals surface area contributed by atoms with E-state index in [1.54, 1.807) is 13.8 Å². The van der Waals surface area contributed by atoms with Gasteiger partial charge in [-0.25, -0.2) is 12.7 Å². The Kier molecular flexibility index (Phi) is 4.83. The summed E-state index contributed by atoms with van der Waals surface area (Å²) in [5.74, 6) is -0.985. The number of hydrogen-bond donors (Lipinski definition) is 1. The molecule has 148 valence electrons. The van der Waals surface area contributed by atoms with E-state index >= 15 is 0 Å². The van der Waals surface area contributed by atoms with Crippen molar-refractivity contribution in [3.8, 4) is 0 Å². The first kappa shape index (κ1) is 20.1. The average Bonchev–Trinajstić information content (AvgIpc) is 2.74. The van der Waals surface area contributed by atoms with Gasteiger partial charge in [0.1, 0.15) is 0 Å². The molecule has 1 aliphatic rings. The van der Waals surface area contributed by atoms with Gasteiger partial charge in [0, 0.05) is 11.3 Å². The summed E-state index contributed by atoms with van der Waals surface area (Å²) in [6.45, 7) is 9.09. The third-order valence-corrected chi connectivity index (χ3v) is 6.88. The highest BCUT2D eigenvalue weighted by atomic mass is 32.2. The van der Waals surface area contributed by atoms with Crippen molar-refractivity contribution in [2.75, 3.05) is 15.4 Å². The van der Waals surface area contributed by atoms with Gasteiger partial charge in [-0.15, -0.1) is 0 Å². The molecule has 0 atom stereocenters. The first-order chi connectivity index (χ1) is 12.9. The maximum Gasteiger partial charge on any atom is 0.255 e. The molecule has 1 saturated heterocycles. The fourth-order valence-corrected chi connectivity index (χ4v) is 5.68. The van der Waals surface area contributed by atoms with E-state index < -0.39 is 21.3 Å². The molecule has 3 rings (SSSR count). The van der Waals surface area contributed by atoms with Crippen LogP contribution in [0, 0.1) is 26.2 Å². The molecule has 0 aromatic heterocycles. The molecule has 6 nitrogen and oxygen atoms in total. The molecule has 2 amide bonds. The zero-order valence-electron chi connectivity index (χ0n) is 16.7. The lowest BCUT2D eigenvalue weighted by Crippen LogP contribution is -2.32. The third kappa shape index (κ3) is 3.54. The van der Waals surface area contributed by atoms with Gasteiger partial charge in [0.15, 0.2) is 0 Å². The van der Waals surface area contributed by atoms with Gasteiger partial charge in [-0.1, -0.05) is 17.7 Å². The van der Waals surface area contributed by atoms with Crippen LogP contribution in [0.3, 0.4) is 0 Å². The Balaban J connectivity index is 1.86. The highest BCUT2D eigenvalue weighted by Gasteiger charge is 2.49. The fourth-order valence-electron chi connectivity index (χ4n) is 3.57. The smallest absolute Gasteiger partial charge is 0.255 e. The molecule has 28 heavy (non-hydrogen) atoms. The molecule has 0 saturated carbocycles. The molecular formula is C21H24N2O4S. The predicted octanol–water partition coefficient (Wildman–Crippen LogP) is 3.57. The van der Waals surface area contributed by atoms with Crippen LogP contribution in [-0.2, 0) is 14.8 Å². The second kappa shape index (κ2) is 6.74. The minimum atomic E-state index is -3.71. The Hall–Kier alpha value is -2.67. The van der Waals surface area contributed by atoms with Crippen molar-refractivity contribution in [1.29, 1.82) is 0 Å². The van der Waals surface area contributed by atoms with Crippen LogP contribution in [0.5, 0.6) is 0 Å². The molecule has 2 aromatic rings. The number of amides is 2. The first-order valence-corrected chi connectivity index (χ1v) is 10.6. The van der Waals surface area contributed by atoms with Crippen LogP contribution in [-0.4, -0.2) is 26.0 Å². The van der Waals surface area contributed by atoms with Crippen molar-refractivity contribution in [2.24, 2.45) is 5.41 Å². The second-order valence-electron chi connectivity index (χ2n) is 7.98. The highest BCUT2D eigenvalue weighted by molar-refractivity contribution is 7.94. The minimum absolute atomic E-state index is 0.229. The van der Waals surface area contributed by atoms with E-state index in [9.17, 15) is 18.0 Å². The monoisotopic (exact) mass is 400 g/mol. The molecule has 0 radical (unpaired) electrons. The molecule has 0 bridgehead atoms. The number of carbonyl (C=O) groups is 2. The van der Waals surface area contributed by atoms with E-state index in [-0.39, 0.29) is 17.3 Å². The summed E-state index contributed by atoms with van der Waals surface area (Å²) >= 11 is 0. The van der Waals surface area contributed by atoms with Crippen molar-refractivity contribution >= 4 is 33.2 Å². The lowest BCUT2D eigenvalue weighted by Gasteiger charge is -2.18. The molecule has 1 heterocycles. The van der Waals surface area contributed by atoms with E-state index in [0.29, 0.717) is 5.56 Å². The van der Waals surface area contributed by atoms with Crippen LogP contribution in [0.1, 0.15) is 40.9 Å². The van der Waals surface area contributed by atoms with Crippen molar-refractivity contribution in [2.45, 2.75) is 34.6 Å². The van der Waals surface area contributed by atoms with Crippen LogP contribution >= 0.6 is 0 Å². The number of hydrogen-bond acceptors (Lipinski definition) is 4. The Bertz CT molecular complexity index is 1050. The van der Waals surface area contributed by atoms with Gasteiger partial charge in [0.05, 0.1) is 16.9 Å². The van der Waals surface area contributed by atoms with Crippen molar-refractivity contribution < 1.29 is 18.0 Å². The van der Waals surface area contributed by atoms with Gasteiger partial charge in [0.2, 0.25) is 15.9 Å². The van der Waals surface area contributed by atoms with Crippen LogP contribution in [0.2, 0.25) is 0 Å². The fraction of sp³-hybridized carbons (Fsp3) is 0.333. The molecule has 1 fully saturated rings. The zero-order chi connectivity index (χ0) is 20.9. The number of rotatable bonds is 3. The van der Waals surface area contributed by atoms with E-state index in [2.05, 4.69) is 5.32 Å². The van der Waals surface area contributed by atoms with Crippen molar-refractivity contribution in [3.05, 3.63) is 58.7 Å². The lowest BCUT2D eigenvalue weighted by atomic mass is 9.95. The van der Waals surface area contributed by atoms with Crippen LogP contribution in [0.4, 0.5) is 11.4 Å². The van der Waals surface area contributed by atoms with E-state index in [1.165, 1.54) is 24.3 Å². The van der Waals surface area contributed by atoms with Gasteiger partial charge in [0.25, 0.3) is 5.91 Å². The summed E-state index contributed by atoms with van der Waals surface area (Å²) in [4.78, 5) is 25.1. The third-order valence-electron chi connectivity index (χ3n) is 4.86. The number of anilines is 2. The molecule has 2 aromatic carbocycles. The Morgan fingerprint density at radius 3 is 2.04 bits per heavy atom. The standard InChI is InChI=1S/C21H24N2O4S/c1-13-10-14(2)18(15(3)11-13)22-19(24)16-6-8-17(9-7-16)23-20(25)21(4,5)12-28(23,26)27/h6-11H,12H2,1-5H3,(H,22,24). The van der Waals surface area contributed by atoms with Crippen LogP contribution in [0.25, 0.3) is 0 Å². The average molecular weight is 401 g/mol. The highest BCUT2D eigenvalue weighted by Crippen LogP contribution is 2.35. The second-order valence-corrected chi connectivity index (χ2v) is 9.80. The summed E-state index contributed by atoms with van der Waals surface area (Å²) in [6.07, 6.45) is 0. The summed E-state index contributed by atoms with van der Waals surface area (Å²) in [5, 5.41) is 2.91. The topological polar surface area (TPSA) is 83.6 Å². The quantitative estimate of drug-likeness (QED) is 0.854. The molecule has 7 heteroatoms. The van der Waals surface area contributed by atoms with Gasteiger partial charge in [-0.3, -0.25) is 9.59 Å². The summed E-state index contributed by atoms with van der Waals surface area (Å²) < 4.78 is 25.6. The number of sulfonamides is 1. The number of nitrogens with one attached hydrogen (secondary N) is 1. The minimum Gasteiger partial charge on any atom is -0.322 e. The SMILES string of the molecule is Cc1cc(C)c(NC(=O)c2ccc(N3C(=O)C(C)(C)CS3(=O)=O)cc2)c(C)c1. The molecular weight excluding hydrogens is 376 g/mol. The summed E-state index contributed by atoms with van der Waals surface area (Å²) in [5.41, 5.74) is 3.49. The number of nitrogens with zero attached hydrogens (tertiary/aromatic N) is 1. The Labute approximate surface area is 165 Å². The Morgan fingerprint density at radius 1 is 1.04 bits per heavy atom. The van der Waals surface area contributed by atoms with E-state index in [1.807, 2.05) is 32.9 Å². The molecule has 0 spiro atoms. The number of benzene rings is 2.